The van der Waals surface area contributed by atoms with E-state index in [9.17, 15) is 4.79 Å². The quantitative estimate of drug-likeness (QED) is 0.878. The Bertz CT molecular complexity index is 413. The van der Waals surface area contributed by atoms with Crippen molar-refractivity contribution in [2.45, 2.75) is 51.6 Å². The third-order valence-corrected chi connectivity index (χ3v) is 3.82. The van der Waals surface area contributed by atoms with Gasteiger partial charge in [0.1, 0.15) is 5.82 Å². The number of amides is 2. The summed E-state index contributed by atoms with van der Waals surface area (Å²) in [5.74, 6) is 1.40. The van der Waals surface area contributed by atoms with Crippen molar-refractivity contribution in [1.29, 1.82) is 0 Å². The van der Waals surface area contributed by atoms with Crippen LogP contribution in [0.3, 0.4) is 0 Å². The second-order valence-electron chi connectivity index (χ2n) is 5.72. The van der Waals surface area contributed by atoms with Gasteiger partial charge in [-0.1, -0.05) is 6.92 Å². The van der Waals surface area contributed by atoms with Gasteiger partial charge in [0.2, 0.25) is 0 Å². The Hall–Kier alpha value is -1.65. The molecule has 0 bridgehead atoms. The zero-order valence-corrected chi connectivity index (χ0v) is 11.6. The maximum atomic E-state index is 11.9. The van der Waals surface area contributed by atoms with Gasteiger partial charge in [0, 0.05) is 17.9 Å². The van der Waals surface area contributed by atoms with Gasteiger partial charge < -0.3 is 10.6 Å². The molecule has 0 spiro atoms. The van der Waals surface area contributed by atoms with E-state index in [1.54, 1.807) is 18.5 Å². The lowest BCUT2D eigenvalue weighted by Gasteiger charge is -2.37. The van der Waals surface area contributed by atoms with Crippen LogP contribution >= 0.6 is 0 Å². The molecule has 104 valence electrons. The summed E-state index contributed by atoms with van der Waals surface area (Å²) >= 11 is 0. The first-order valence-electron chi connectivity index (χ1n) is 6.89. The van der Waals surface area contributed by atoms with Crippen LogP contribution in [-0.4, -0.2) is 21.5 Å². The zero-order valence-electron chi connectivity index (χ0n) is 11.6. The minimum absolute atomic E-state index is 0.0753. The highest BCUT2D eigenvalue weighted by atomic mass is 16.2. The number of aromatic nitrogens is 2. The number of hydrogen-bond donors (Lipinski definition) is 2. The standard InChI is InChI=1S/C14H22N4O/c1-11-4-6-14(2,7-5-11)18-13(19)17-10-12-15-8-3-9-16-12/h3,8-9,11H,4-7,10H2,1-2H3,(H2,17,18,19). The Morgan fingerprint density at radius 1 is 1.37 bits per heavy atom. The van der Waals surface area contributed by atoms with E-state index in [1.165, 1.54) is 12.8 Å². The van der Waals surface area contributed by atoms with Gasteiger partial charge in [-0.15, -0.1) is 0 Å². The topological polar surface area (TPSA) is 66.9 Å². The van der Waals surface area contributed by atoms with Gasteiger partial charge in [0.05, 0.1) is 6.54 Å². The summed E-state index contributed by atoms with van der Waals surface area (Å²) in [6.45, 7) is 4.75. The normalized spacial score (nSPS) is 26.7. The molecular formula is C14H22N4O. The average Bonchev–Trinajstić information content (AvgIpc) is 2.41. The van der Waals surface area contributed by atoms with E-state index in [4.69, 9.17) is 0 Å². The molecule has 2 rings (SSSR count). The summed E-state index contributed by atoms with van der Waals surface area (Å²) in [6.07, 6.45) is 7.79. The highest BCUT2D eigenvalue weighted by molar-refractivity contribution is 5.74. The lowest BCUT2D eigenvalue weighted by Crippen LogP contribution is -2.51. The van der Waals surface area contributed by atoms with Crippen molar-refractivity contribution in [2.24, 2.45) is 5.92 Å². The Kier molecular flexibility index (Phi) is 4.35. The van der Waals surface area contributed by atoms with Crippen molar-refractivity contribution in [3.8, 4) is 0 Å². The van der Waals surface area contributed by atoms with E-state index in [0.717, 1.165) is 18.8 Å². The highest BCUT2D eigenvalue weighted by Crippen LogP contribution is 2.31. The van der Waals surface area contributed by atoms with E-state index in [2.05, 4.69) is 34.4 Å². The Labute approximate surface area is 114 Å². The molecule has 0 unspecified atom stereocenters. The van der Waals surface area contributed by atoms with Crippen LogP contribution in [0.25, 0.3) is 0 Å². The van der Waals surface area contributed by atoms with Crippen molar-refractivity contribution in [3.63, 3.8) is 0 Å². The Balaban J connectivity index is 1.78. The lowest BCUT2D eigenvalue weighted by molar-refractivity contribution is 0.196. The van der Waals surface area contributed by atoms with Gasteiger partial charge in [0.15, 0.2) is 0 Å². The third-order valence-electron chi connectivity index (χ3n) is 3.82. The van der Waals surface area contributed by atoms with E-state index >= 15 is 0 Å². The van der Waals surface area contributed by atoms with Crippen molar-refractivity contribution in [1.82, 2.24) is 20.6 Å². The highest BCUT2D eigenvalue weighted by Gasteiger charge is 2.30. The average molecular weight is 262 g/mol. The van der Waals surface area contributed by atoms with Crippen LogP contribution in [0.1, 0.15) is 45.4 Å². The first-order chi connectivity index (χ1) is 9.07. The Morgan fingerprint density at radius 3 is 2.63 bits per heavy atom. The molecule has 2 amide bonds. The molecule has 2 N–H and O–H groups in total. The van der Waals surface area contributed by atoms with Crippen LogP contribution in [0, 0.1) is 5.92 Å². The van der Waals surface area contributed by atoms with Gasteiger partial charge in [-0.2, -0.15) is 0 Å². The maximum Gasteiger partial charge on any atom is 0.315 e. The predicted molar refractivity (Wildman–Crippen MR) is 73.4 cm³/mol. The molecule has 1 fully saturated rings. The molecule has 0 aliphatic heterocycles. The van der Waals surface area contributed by atoms with Gasteiger partial charge in [-0.3, -0.25) is 0 Å². The second-order valence-corrected chi connectivity index (χ2v) is 5.72. The fraction of sp³-hybridized carbons (Fsp3) is 0.643. The minimum Gasteiger partial charge on any atom is -0.333 e. The SMILES string of the molecule is CC1CCC(C)(NC(=O)NCc2ncccn2)CC1. The molecule has 1 aromatic rings. The van der Waals surface area contributed by atoms with E-state index in [0.29, 0.717) is 12.4 Å². The number of carbonyl (C=O) groups is 1. The summed E-state index contributed by atoms with van der Waals surface area (Å²) in [6, 6.07) is 1.62. The first kappa shape index (κ1) is 13.8. The van der Waals surface area contributed by atoms with E-state index in [1.807, 2.05) is 0 Å². The molecule has 0 aromatic carbocycles. The molecule has 5 nitrogen and oxygen atoms in total. The molecule has 0 saturated heterocycles. The molecule has 0 radical (unpaired) electrons. The molecule has 0 atom stereocenters. The summed E-state index contributed by atoms with van der Waals surface area (Å²) in [7, 11) is 0. The monoisotopic (exact) mass is 262 g/mol. The van der Waals surface area contributed by atoms with Crippen LogP contribution in [0.2, 0.25) is 0 Å². The molecule has 1 aliphatic carbocycles. The molecule has 1 saturated carbocycles. The predicted octanol–water partition coefficient (Wildman–Crippen LogP) is 2.24. The van der Waals surface area contributed by atoms with Crippen LogP contribution in [-0.2, 0) is 6.54 Å². The van der Waals surface area contributed by atoms with Crippen LogP contribution < -0.4 is 10.6 Å². The third kappa shape index (κ3) is 4.19. The van der Waals surface area contributed by atoms with Crippen molar-refractivity contribution < 1.29 is 4.79 Å². The fourth-order valence-corrected chi connectivity index (χ4v) is 2.42. The molecule has 5 heteroatoms. The molecular weight excluding hydrogens is 240 g/mol. The Morgan fingerprint density at radius 2 is 2.00 bits per heavy atom. The molecule has 1 aliphatic rings. The first-order valence-corrected chi connectivity index (χ1v) is 6.89. The van der Waals surface area contributed by atoms with Crippen LogP contribution in [0.5, 0.6) is 0 Å². The number of nitrogens with one attached hydrogen (secondary N) is 2. The summed E-state index contributed by atoms with van der Waals surface area (Å²) < 4.78 is 0. The number of hydrogen-bond acceptors (Lipinski definition) is 3. The number of rotatable bonds is 3. The maximum absolute atomic E-state index is 11.9. The molecule has 1 aromatic heterocycles. The van der Waals surface area contributed by atoms with Crippen molar-refractivity contribution >= 4 is 6.03 Å². The minimum atomic E-state index is -0.135. The summed E-state index contributed by atoms with van der Waals surface area (Å²) in [5.41, 5.74) is -0.0753. The van der Waals surface area contributed by atoms with Crippen LogP contribution in [0.4, 0.5) is 4.79 Å². The van der Waals surface area contributed by atoms with Gasteiger partial charge in [-0.05, 0) is 44.6 Å². The number of carbonyl (C=O) groups excluding carboxylic acids is 1. The van der Waals surface area contributed by atoms with Crippen LogP contribution in [0.15, 0.2) is 18.5 Å². The van der Waals surface area contributed by atoms with Crippen molar-refractivity contribution in [3.05, 3.63) is 24.3 Å². The summed E-state index contributed by atoms with van der Waals surface area (Å²) in [4.78, 5) is 20.0. The second kappa shape index (κ2) is 5.99. The number of nitrogens with zero attached hydrogens (tertiary/aromatic N) is 2. The number of urea groups is 1. The summed E-state index contributed by atoms with van der Waals surface area (Å²) in [5, 5.41) is 5.89. The largest absolute Gasteiger partial charge is 0.333 e. The van der Waals surface area contributed by atoms with E-state index in [-0.39, 0.29) is 11.6 Å². The smallest absolute Gasteiger partial charge is 0.315 e. The molecule has 19 heavy (non-hydrogen) atoms. The molecule has 1 heterocycles. The van der Waals surface area contributed by atoms with Gasteiger partial charge in [-0.25, -0.2) is 14.8 Å². The van der Waals surface area contributed by atoms with E-state index < -0.39 is 0 Å². The fourth-order valence-electron chi connectivity index (χ4n) is 2.42. The van der Waals surface area contributed by atoms with Gasteiger partial charge in [0.25, 0.3) is 0 Å². The van der Waals surface area contributed by atoms with Gasteiger partial charge >= 0.3 is 6.03 Å². The van der Waals surface area contributed by atoms with Crippen molar-refractivity contribution in [2.75, 3.05) is 0 Å². The zero-order chi connectivity index (χ0) is 13.7. The lowest BCUT2D eigenvalue weighted by atomic mass is 9.78.